The quantitative estimate of drug-likeness (QED) is 0.626. The zero-order valence-corrected chi connectivity index (χ0v) is 15.5. The van der Waals surface area contributed by atoms with Crippen molar-refractivity contribution in [1.29, 1.82) is 0 Å². The van der Waals surface area contributed by atoms with E-state index in [9.17, 15) is 18.7 Å². The molecule has 0 unspecified atom stereocenters. The third-order valence-electron chi connectivity index (χ3n) is 5.41. The van der Waals surface area contributed by atoms with Crippen molar-refractivity contribution < 1.29 is 23.4 Å². The van der Waals surface area contributed by atoms with Crippen molar-refractivity contribution in [2.45, 2.75) is 58.1 Å². The van der Waals surface area contributed by atoms with Gasteiger partial charge in [0.25, 0.3) is 5.92 Å². The maximum atomic E-state index is 14.0. The first kappa shape index (κ1) is 17.5. The van der Waals surface area contributed by atoms with Crippen LogP contribution in [0.15, 0.2) is 0 Å². The predicted octanol–water partition coefficient (Wildman–Crippen LogP) is 3.26. The summed E-state index contributed by atoms with van der Waals surface area (Å²) in [7, 11) is -1.22. The van der Waals surface area contributed by atoms with E-state index in [1.165, 1.54) is 4.68 Å². The first-order valence-corrected chi connectivity index (χ1v) is 12.0. The van der Waals surface area contributed by atoms with E-state index in [1.54, 1.807) is 6.92 Å². The van der Waals surface area contributed by atoms with E-state index in [-0.39, 0.29) is 25.3 Å². The largest absolute Gasteiger partial charge is 0.476 e. The molecule has 1 aromatic heterocycles. The summed E-state index contributed by atoms with van der Waals surface area (Å²) in [5.41, 5.74) is -0.137. The van der Waals surface area contributed by atoms with Gasteiger partial charge in [0.2, 0.25) is 0 Å². The van der Waals surface area contributed by atoms with Crippen LogP contribution in [-0.2, 0) is 24.3 Å². The van der Waals surface area contributed by atoms with E-state index >= 15 is 0 Å². The minimum Gasteiger partial charge on any atom is -0.476 e. The Morgan fingerprint density at radius 1 is 1.46 bits per heavy atom. The minimum absolute atomic E-state index is 0.0787. The van der Waals surface area contributed by atoms with Gasteiger partial charge < -0.3 is 9.84 Å². The third kappa shape index (κ3) is 2.69. The highest BCUT2D eigenvalue weighted by molar-refractivity contribution is 6.76. The molecule has 3 rings (SSSR count). The molecule has 134 valence electrons. The van der Waals surface area contributed by atoms with Crippen LogP contribution < -0.4 is 0 Å². The van der Waals surface area contributed by atoms with Crippen LogP contribution in [-0.4, -0.2) is 41.5 Å². The second-order valence-corrected chi connectivity index (χ2v) is 14.0. The summed E-state index contributed by atoms with van der Waals surface area (Å²) in [4.78, 5) is 11.4. The molecule has 5 nitrogen and oxygen atoms in total. The Balaban J connectivity index is 1.79. The summed E-state index contributed by atoms with van der Waals surface area (Å²) >= 11 is 0. The topological polar surface area (TPSA) is 64.3 Å². The Hall–Kier alpha value is -1.28. The number of hydrogen-bond acceptors (Lipinski definition) is 3. The zero-order chi connectivity index (χ0) is 17.9. The number of carboxylic acid groups (broad SMARTS) is 1. The number of ether oxygens (including phenoxy) is 1. The molecule has 2 aliphatic rings. The fourth-order valence-electron chi connectivity index (χ4n) is 3.58. The number of rotatable bonds is 6. The van der Waals surface area contributed by atoms with Crippen LogP contribution in [0.5, 0.6) is 0 Å². The number of nitrogens with zero attached hydrogens (tertiary/aromatic N) is 2. The molecule has 0 radical (unpaired) electrons. The molecule has 2 atom stereocenters. The van der Waals surface area contributed by atoms with E-state index in [0.717, 1.165) is 6.04 Å². The standard InChI is InChI=1S/C16H24F2N2O3Si/c1-15-8-11-10(7-12(15)16(15,17)18)13(14(21)22)19-20(11)9-23-5-6-24(2,3)4/h12H,5-9H2,1-4H3,(H,21,22)/t12-,15+/m0/s1. The number of carboxylic acids is 1. The van der Waals surface area contributed by atoms with Crippen LogP contribution in [0.1, 0.15) is 28.7 Å². The van der Waals surface area contributed by atoms with Crippen LogP contribution in [0.2, 0.25) is 25.7 Å². The second kappa shape index (κ2) is 5.36. The second-order valence-electron chi connectivity index (χ2n) is 8.40. The van der Waals surface area contributed by atoms with Gasteiger partial charge in [-0.2, -0.15) is 5.10 Å². The lowest BCUT2D eigenvalue weighted by Crippen LogP contribution is -2.23. The lowest BCUT2D eigenvalue weighted by Gasteiger charge is -2.19. The zero-order valence-electron chi connectivity index (χ0n) is 14.5. The highest BCUT2D eigenvalue weighted by atomic mass is 28.3. The fraction of sp³-hybridized carbons (Fsp3) is 0.750. The summed E-state index contributed by atoms with van der Waals surface area (Å²) < 4.78 is 35.2. The van der Waals surface area contributed by atoms with E-state index in [2.05, 4.69) is 24.7 Å². The fourth-order valence-corrected chi connectivity index (χ4v) is 4.33. The molecule has 2 aliphatic carbocycles. The molecule has 0 aliphatic heterocycles. The van der Waals surface area contributed by atoms with E-state index in [1.807, 2.05) is 0 Å². The average Bonchev–Trinajstić information content (AvgIpc) is 2.75. The Kier molecular flexibility index (Phi) is 3.91. The van der Waals surface area contributed by atoms with Gasteiger partial charge in [-0.1, -0.05) is 26.6 Å². The Morgan fingerprint density at radius 3 is 2.71 bits per heavy atom. The van der Waals surface area contributed by atoms with Gasteiger partial charge >= 0.3 is 5.97 Å². The van der Waals surface area contributed by atoms with E-state index in [4.69, 9.17) is 4.74 Å². The average molecular weight is 358 g/mol. The SMILES string of the molecule is C[C@@]12Cc3c(c(C(=O)O)nn3COCC[Si](C)(C)C)C[C@@H]1C2(F)F. The number of halogens is 2. The van der Waals surface area contributed by atoms with Crippen LogP contribution in [0, 0.1) is 11.3 Å². The Bertz CT molecular complexity index is 684. The van der Waals surface area contributed by atoms with Gasteiger partial charge in [0.05, 0.1) is 0 Å². The normalized spacial score (nSPS) is 27.5. The molecular formula is C16H24F2N2O3Si. The summed E-state index contributed by atoms with van der Waals surface area (Å²) in [5.74, 6) is -4.67. The van der Waals surface area contributed by atoms with E-state index in [0.29, 0.717) is 17.9 Å². The highest BCUT2D eigenvalue weighted by Crippen LogP contribution is 2.70. The van der Waals surface area contributed by atoms with Crippen LogP contribution in [0.25, 0.3) is 0 Å². The summed E-state index contributed by atoms with van der Waals surface area (Å²) in [6.07, 6.45) is 0.229. The summed E-state index contributed by atoms with van der Waals surface area (Å²) in [6.45, 7) is 8.99. The van der Waals surface area contributed by atoms with E-state index < -0.39 is 31.3 Å². The number of aromatic nitrogens is 2. The highest BCUT2D eigenvalue weighted by Gasteiger charge is 2.78. The molecule has 0 bridgehead atoms. The number of aromatic carboxylic acids is 1. The lowest BCUT2D eigenvalue weighted by molar-refractivity contribution is 0.0581. The number of fused-ring (bicyclic) bond motifs is 2. The van der Waals surface area contributed by atoms with Gasteiger partial charge in [-0.25, -0.2) is 18.3 Å². The molecule has 24 heavy (non-hydrogen) atoms. The maximum Gasteiger partial charge on any atom is 0.356 e. The lowest BCUT2D eigenvalue weighted by atomic mass is 9.87. The van der Waals surface area contributed by atoms with Crippen LogP contribution in [0.4, 0.5) is 8.78 Å². The molecule has 0 saturated heterocycles. The molecule has 1 aromatic rings. The van der Waals surface area contributed by atoms with Gasteiger partial charge in [0.1, 0.15) is 6.73 Å². The van der Waals surface area contributed by atoms with Crippen molar-refractivity contribution in [1.82, 2.24) is 9.78 Å². The molecule has 0 aromatic carbocycles. The first-order chi connectivity index (χ1) is 11.0. The van der Waals surface area contributed by atoms with Crippen LogP contribution in [0.3, 0.4) is 0 Å². The van der Waals surface area contributed by atoms with Crippen LogP contribution >= 0.6 is 0 Å². The smallest absolute Gasteiger partial charge is 0.356 e. The summed E-state index contributed by atoms with van der Waals surface area (Å²) in [6, 6.07) is 0.986. The van der Waals surface area contributed by atoms with Gasteiger partial charge in [0, 0.05) is 43.7 Å². The van der Waals surface area contributed by atoms with Gasteiger partial charge in [-0.3, -0.25) is 0 Å². The summed E-state index contributed by atoms with van der Waals surface area (Å²) in [5, 5.41) is 13.4. The Morgan fingerprint density at radius 2 is 2.12 bits per heavy atom. The minimum atomic E-state index is -2.73. The predicted molar refractivity (Wildman–Crippen MR) is 87.2 cm³/mol. The Labute approximate surface area is 141 Å². The maximum absolute atomic E-state index is 14.0. The van der Waals surface area contributed by atoms with Crippen molar-refractivity contribution in [2.75, 3.05) is 6.61 Å². The molecule has 0 amide bonds. The molecule has 8 heteroatoms. The molecule has 1 saturated carbocycles. The number of hydrogen-bond donors (Lipinski definition) is 1. The molecular weight excluding hydrogens is 334 g/mol. The van der Waals surface area contributed by atoms with Gasteiger partial charge in [-0.05, 0) is 12.5 Å². The molecule has 1 fully saturated rings. The van der Waals surface area contributed by atoms with Gasteiger partial charge in [0.15, 0.2) is 5.69 Å². The number of carbonyl (C=O) groups is 1. The van der Waals surface area contributed by atoms with Crippen molar-refractivity contribution in [3.63, 3.8) is 0 Å². The van der Waals surface area contributed by atoms with Gasteiger partial charge in [-0.15, -0.1) is 0 Å². The third-order valence-corrected chi connectivity index (χ3v) is 7.11. The van der Waals surface area contributed by atoms with Crippen molar-refractivity contribution in [3.05, 3.63) is 17.0 Å². The molecule has 0 spiro atoms. The van der Waals surface area contributed by atoms with Crippen molar-refractivity contribution in [3.8, 4) is 0 Å². The van der Waals surface area contributed by atoms with Crippen molar-refractivity contribution >= 4 is 14.0 Å². The molecule has 1 heterocycles. The number of alkyl halides is 2. The molecule has 1 N–H and O–H groups in total. The first-order valence-electron chi connectivity index (χ1n) is 8.25. The van der Waals surface area contributed by atoms with Crippen molar-refractivity contribution in [2.24, 2.45) is 11.3 Å². The monoisotopic (exact) mass is 358 g/mol.